The summed E-state index contributed by atoms with van der Waals surface area (Å²) in [5.74, 6) is 7.47. The first-order valence-electron chi connectivity index (χ1n) is 6.40. The van der Waals surface area contributed by atoms with E-state index in [1.807, 2.05) is 31.2 Å². The summed E-state index contributed by atoms with van der Waals surface area (Å²) in [6, 6.07) is 7.35. The predicted octanol–water partition coefficient (Wildman–Crippen LogP) is 0.896. The van der Waals surface area contributed by atoms with Crippen molar-refractivity contribution < 1.29 is 9.53 Å². The minimum absolute atomic E-state index is 0.0588. The van der Waals surface area contributed by atoms with Crippen molar-refractivity contribution in [3.05, 3.63) is 24.3 Å². The molecule has 0 aliphatic rings. The Labute approximate surface area is 126 Å². The van der Waals surface area contributed by atoms with Crippen molar-refractivity contribution in [1.82, 2.24) is 20.2 Å². The zero-order valence-electron chi connectivity index (χ0n) is 11.9. The van der Waals surface area contributed by atoms with Gasteiger partial charge in [-0.25, -0.2) is 4.68 Å². The Kier molecular flexibility index (Phi) is 5.04. The maximum Gasteiger partial charge on any atom is 0.230 e. The van der Waals surface area contributed by atoms with E-state index in [2.05, 4.69) is 15.5 Å². The standard InChI is InChI=1S/C13H17N5O2S/c1-3-15-11(19)8-21-13-17-16-12(18(13)14)9-4-6-10(20-2)7-5-9/h4-7H,3,8,14H2,1-2H3,(H,15,19). The quantitative estimate of drug-likeness (QED) is 0.608. The molecule has 1 aromatic heterocycles. The van der Waals surface area contributed by atoms with Crippen molar-refractivity contribution in [3.8, 4) is 17.1 Å². The Morgan fingerprint density at radius 3 is 2.71 bits per heavy atom. The number of hydrogen-bond acceptors (Lipinski definition) is 6. The zero-order valence-corrected chi connectivity index (χ0v) is 12.7. The summed E-state index contributed by atoms with van der Waals surface area (Å²) in [4.78, 5) is 11.4. The number of hydrogen-bond donors (Lipinski definition) is 2. The largest absolute Gasteiger partial charge is 0.497 e. The van der Waals surface area contributed by atoms with Gasteiger partial charge in [0.05, 0.1) is 12.9 Å². The number of methoxy groups -OCH3 is 1. The molecule has 0 spiro atoms. The van der Waals surface area contributed by atoms with Gasteiger partial charge in [0, 0.05) is 12.1 Å². The lowest BCUT2D eigenvalue weighted by molar-refractivity contribution is -0.118. The summed E-state index contributed by atoms with van der Waals surface area (Å²) in [6.45, 7) is 2.47. The van der Waals surface area contributed by atoms with Crippen molar-refractivity contribution in [2.45, 2.75) is 12.1 Å². The molecule has 8 heteroatoms. The second kappa shape index (κ2) is 6.98. The van der Waals surface area contributed by atoms with Gasteiger partial charge in [-0.2, -0.15) is 0 Å². The molecule has 0 aliphatic carbocycles. The summed E-state index contributed by atoms with van der Waals surface area (Å²) in [5.41, 5.74) is 0.829. The van der Waals surface area contributed by atoms with Crippen molar-refractivity contribution in [3.63, 3.8) is 0 Å². The van der Waals surface area contributed by atoms with Crippen LogP contribution in [-0.2, 0) is 4.79 Å². The van der Waals surface area contributed by atoms with Crippen molar-refractivity contribution in [1.29, 1.82) is 0 Å². The molecule has 21 heavy (non-hydrogen) atoms. The monoisotopic (exact) mass is 307 g/mol. The number of nitrogen functional groups attached to an aromatic ring is 1. The first-order chi connectivity index (χ1) is 10.2. The Hall–Kier alpha value is -2.22. The summed E-state index contributed by atoms with van der Waals surface area (Å²) in [7, 11) is 1.61. The molecule has 1 amide bonds. The Morgan fingerprint density at radius 1 is 1.38 bits per heavy atom. The summed E-state index contributed by atoms with van der Waals surface area (Å²) >= 11 is 1.25. The van der Waals surface area contributed by atoms with E-state index in [0.29, 0.717) is 17.5 Å². The Bertz CT molecular complexity index is 612. The highest BCUT2D eigenvalue weighted by Crippen LogP contribution is 2.23. The third kappa shape index (κ3) is 3.66. The van der Waals surface area contributed by atoms with E-state index in [-0.39, 0.29) is 11.7 Å². The van der Waals surface area contributed by atoms with Gasteiger partial charge in [0.2, 0.25) is 11.1 Å². The van der Waals surface area contributed by atoms with Crippen LogP contribution in [0.25, 0.3) is 11.4 Å². The molecule has 0 saturated heterocycles. The minimum atomic E-state index is -0.0588. The molecule has 0 radical (unpaired) electrons. The minimum Gasteiger partial charge on any atom is -0.497 e. The molecule has 0 bridgehead atoms. The van der Waals surface area contributed by atoms with Gasteiger partial charge in [-0.1, -0.05) is 11.8 Å². The number of benzene rings is 1. The second-order valence-electron chi connectivity index (χ2n) is 4.15. The maximum absolute atomic E-state index is 11.4. The van der Waals surface area contributed by atoms with Gasteiger partial charge >= 0.3 is 0 Å². The number of carbonyl (C=O) groups is 1. The van der Waals surface area contributed by atoms with E-state index in [4.69, 9.17) is 10.6 Å². The Morgan fingerprint density at radius 2 is 2.10 bits per heavy atom. The van der Waals surface area contributed by atoms with Gasteiger partial charge in [0.15, 0.2) is 5.82 Å². The third-order valence-corrected chi connectivity index (χ3v) is 3.66. The molecule has 2 rings (SSSR count). The number of nitrogens with one attached hydrogen (secondary N) is 1. The summed E-state index contributed by atoms with van der Waals surface area (Å²) < 4.78 is 6.49. The molecule has 2 aromatic rings. The smallest absolute Gasteiger partial charge is 0.230 e. The normalized spacial score (nSPS) is 10.4. The second-order valence-corrected chi connectivity index (χ2v) is 5.09. The van der Waals surface area contributed by atoms with Gasteiger partial charge in [-0.05, 0) is 31.2 Å². The highest BCUT2D eigenvalue weighted by molar-refractivity contribution is 7.99. The van der Waals surface area contributed by atoms with Gasteiger partial charge in [-0.3, -0.25) is 4.79 Å². The van der Waals surface area contributed by atoms with Gasteiger partial charge in [-0.15, -0.1) is 10.2 Å². The highest BCUT2D eigenvalue weighted by atomic mass is 32.2. The average molecular weight is 307 g/mol. The van der Waals surface area contributed by atoms with Crippen LogP contribution in [0, 0.1) is 0 Å². The zero-order chi connectivity index (χ0) is 15.2. The molecule has 1 heterocycles. The molecule has 3 N–H and O–H groups in total. The number of carbonyl (C=O) groups excluding carboxylic acids is 1. The lowest BCUT2D eigenvalue weighted by atomic mass is 10.2. The molecular weight excluding hydrogens is 290 g/mol. The fourth-order valence-electron chi connectivity index (χ4n) is 1.69. The predicted molar refractivity (Wildman–Crippen MR) is 81.6 cm³/mol. The van der Waals surface area contributed by atoms with Crippen LogP contribution in [0.4, 0.5) is 0 Å². The van der Waals surface area contributed by atoms with Crippen LogP contribution >= 0.6 is 11.8 Å². The molecule has 0 atom stereocenters. The molecule has 112 valence electrons. The number of ether oxygens (including phenoxy) is 1. The maximum atomic E-state index is 11.4. The molecule has 1 aromatic carbocycles. The number of rotatable bonds is 6. The van der Waals surface area contributed by atoms with Crippen LogP contribution in [0.15, 0.2) is 29.4 Å². The molecule has 7 nitrogen and oxygen atoms in total. The van der Waals surface area contributed by atoms with Crippen LogP contribution in [-0.4, -0.2) is 40.2 Å². The number of nitrogens with two attached hydrogens (primary N) is 1. The fraction of sp³-hybridized carbons (Fsp3) is 0.308. The number of amides is 1. The first-order valence-corrected chi connectivity index (χ1v) is 7.38. The molecule has 0 fully saturated rings. The number of aromatic nitrogens is 3. The topological polar surface area (TPSA) is 95.1 Å². The fourth-order valence-corrected chi connectivity index (χ4v) is 2.38. The van der Waals surface area contributed by atoms with E-state index in [0.717, 1.165) is 11.3 Å². The van der Waals surface area contributed by atoms with Crippen LogP contribution in [0.1, 0.15) is 6.92 Å². The lowest BCUT2D eigenvalue weighted by Gasteiger charge is -2.05. The van der Waals surface area contributed by atoms with Gasteiger partial charge in [0.1, 0.15) is 5.75 Å². The first kappa shape index (κ1) is 15.2. The van der Waals surface area contributed by atoms with Crippen LogP contribution in [0.2, 0.25) is 0 Å². The average Bonchev–Trinajstić information content (AvgIpc) is 2.87. The van der Waals surface area contributed by atoms with E-state index < -0.39 is 0 Å². The molecule has 0 saturated carbocycles. The van der Waals surface area contributed by atoms with Crippen LogP contribution in [0.3, 0.4) is 0 Å². The number of nitrogens with zero attached hydrogens (tertiary/aromatic N) is 3. The summed E-state index contributed by atoms with van der Waals surface area (Å²) in [5, 5.41) is 11.3. The number of thioether (sulfide) groups is 1. The third-order valence-electron chi connectivity index (χ3n) is 2.72. The van der Waals surface area contributed by atoms with Gasteiger partial charge < -0.3 is 15.9 Å². The van der Waals surface area contributed by atoms with Crippen LogP contribution in [0.5, 0.6) is 5.75 Å². The van der Waals surface area contributed by atoms with Crippen molar-refractivity contribution in [2.75, 3.05) is 25.3 Å². The highest BCUT2D eigenvalue weighted by Gasteiger charge is 2.13. The van der Waals surface area contributed by atoms with E-state index >= 15 is 0 Å². The van der Waals surface area contributed by atoms with Crippen molar-refractivity contribution >= 4 is 17.7 Å². The molecular formula is C13H17N5O2S. The molecule has 0 aliphatic heterocycles. The van der Waals surface area contributed by atoms with Gasteiger partial charge in [0.25, 0.3) is 0 Å². The van der Waals surface area contributed by atoms with E-state index in [1.54, 1.807) is 7.11 Å². The van der Waals surface area contributed by atoms with Crippen molar-refractivity contribution in [2.24, 2.45) is 0 Å². The SMILES string of the molecule is CCNC(=O)CSc1nnc(-c2ccc(OC)cc2)n1N. The van der Waals surface area contributed by atoms with E-state index in [1.165, 1.54) is 16.4 Å². The lowest BCUT2D eigenvalue weighted by Crippen LogP contribution is -2.24. The molecule has 0 unspecified atom stereocenters. The summed E-state index contributed by atoms with van der Waals surface area (Å²) in [6.07, 6.45) is 0. The van der Waals surface area contributed by atoms with Crippen LogP contribution < -0.4 is 15.9 Å². The Balaban J connectivity index is 2.10. The van der Waals surface area contributed by atoms with E-state index in [9.17, 15) is 4.79 Å².